The lowest BCUT2D eigenvalue weighted by atomic mass is 9.98. The lowest BCUT2D eigenvalue weighted by molar-refractivity contribution is -0.139. The van der Waals surface area contributed by atoms with Crippen LogP contribution in [0.5, 0.6) is 11.6 Å². The number of carboxylic acids is 1. The van der Waals surface area contributed by atoms with E-state index < -0.39 is 29.5 Å². The van der Waals surface area contributed by atoms with Gasteiger partial charge in [-0.05, 0) is 56.5 Å². The lowest BCUT2D eigenvalue weighted by Crippen LogP contribution is -2.44. The number of benzene rings is 1. The standard InChI is InChI=1S/C25H26F3N5O5/c1-15(2)33(23(34)17-4-3-9-37-14-17)21-6-5-18(11-19(21)24(35)36)38-22-20(25(26,27)28)10-16(12-29-22)13-32-30-7-8-31-32/h5-8,10-12,15,17H,3-4,9,13-14H2,1-2H3,(H,35,36). The minimum atomic E-state index is -4.80. The maximum Gasteiger partial charge on any atom is 0.421 e. The van der Waals surface area contributed by atoms with E-state index in [2.05, 4.69) is 15.2 Å². The third-order valence-electron chi connectivity index (χ3n) is 5.94. The fourth-order valence-electron chi connectivity index (χ4n) is 4.21. The monoisotopic (exact) mass is 533 g/mol. The van der Waals surface area contributed by atoms with E-state index >= 15 is 0 Å². The molecule has 2 aromatic heterocycles. The Morgan fingerprint density at radius 3 is 2.58 bits per heavy atom. The molecule has 0 radical (unpaired) electrons. The number of hydrogen-bond donors (Lipinski definition) is 1. The number of carbonyl (C=O) groups excluding carboxylic acids is 1. The Morgan fingerprint density at radius 2 is 1.97 bits per heavy atom. The zero-order valence-electron chi connectivity index (χ0n) is 20.7. The largest absolute Gasteiger partial charge is 0.478 e. The highest BCUT2D eigenvalue weighted by Gasteiger charge is 2.36. The second-order valence-electron chi connectivity index (χ2n) is 9.06. The first-order chi connectivity index (χ1) is 18.0. The van der Waals surface area contributed by atoms with Gasteiger partial charge >= 0.3 is 12.1 Å². The third-order valence-corrected chi connectivity index (χ3v) is 5.94. The molecule has 1 aliphatic heterocycles. The van der Waals surface area contributed by atoms with E-state index in [-0.39, 0.29) is 47.7 Å². The molecule has 3 aromatic rings. The van der Waals surface area contributed by atoms with Gasteiger partial charge in [-0.2, -0.15) is 28.2 Å². The Kier molecular flexibility index (Phi) is 7.95. The molecule has 1 aliphatic rings. The molecule has 1 atom stereocenters. The van der Waals surface area contributed by atoms with Gasteiger partial charge in [0.25, 0.3) is 0 Å². The number of aromatic carboxylic acids is 1. The van der Waals surface area contributed by atoms with E-state index in [1.54, 1.807) is 13.8 Å². The molecule has 38 heavy (non-hydrogen) atoms. The van der Waals surface area contributed by atoms with Crippen LogP contribution in [0.4, 0.5) is 18.9 Å². The number of anilines is 1. The summed E-state index contributed by atoms with van der Waals surface area (Å²) in [5.41, 5.74) is -1.13. The molecule has 202 valence electrons. The quantitative estimate of drug-likeness (QED) is 0.453. The molecular weight excluding hydrogens is 507 g/mol. The SMILES string of the molecule is CC(C)N(C(=O)C1CCCOC1)c1ccc(Oc2ncc(Cn3nccn3)cc2C(F)(F)F)cc1C(=O)O. The zero-order chi connectivity index (χ0) is 27.4. The Balaban J connectivity index is 1.66. The predicted octanol–water partition coefficient (Wildman–Crippen LogP) is 4.40. The molecular formula is C25H26F3N5O5. The molecule has 0 saturated carbocycles. The summed E-state index contributed by atoms with van der Waals surface area (Å²) >= 11 is 0. The number of amides is 1. The molecule has 3 heterocycles. The molecule has 4 rings (SSSR count). The van der Waals surface area contributed by atoms with Crippen molar-refractivity contribution in [3.8, 4) is 11.6 Å². The second kappa shape index (κ2) is 11.2. The van der Waals surface area contributed by atoms with Gasteiger partial charge in [-0.25, -0.2) is 9.78 Å². The van der Waals surface area contributed by atoms with Crippen LogP contribution in [0.1, 0.15) is 48.2 Å². The van der Waals surface area contributed by atoms with Crippen molar-refractivity contribution in [3.05, 3.63) is 59.5 Å². The van der Waals surface area contributed by atoms with Crippen LogP contribution in [0, 0.1) is 5.92 Å². The van der Waals surface area contributed by atoms with Gasteiger partial charge in [0.15, 0.2) is 0 Å². The molecule has 1 N–H and O–H groups in total. The number of ether oxygens (including phenoxy) is 2. The van der Waals surface area contributed by atoms with Gasteiger partial charge in [-0.1, -0.05) is 0 Å². The maximum absolute atomic E-state index is 13.8. The first-order valence-corrected chi connectivity index (χ1v) is 11.9. The molecule has 0 aliphatic carbocycles. The highest BCUT2D eigenvalue weighted by atomic mass is 19.4. The smallest absolute Gasteiger partial charge is 0.421 e. The Labute approximate surface area is 216 Å². The van der Waals surface area contributed by atoms with Crippen molar-refractivity contribution in [3.63, 3.8) is 0 Å². The first kappa shape index (κ1) is 27.0. The van der Waals surface area contributed by atoms with Crippen LogP contribution in [0.15, 0.2) is 42.9 Å². The van der Waals surface area contributed by atoms with Crippen molar-refractivity contribution in [1.29, 1.82) is 0 Å². The van der Waals surface area contributed by atoms with Gasteiger partial charge < -0.3 is 19.5 Å². The Bertz CT molecular complexity index is 1290. The van der Waals surface area contributed by atoms with E-state index in [0.29, 0.717) is 19.4 Å². The van der Waals surface area contributed by atoms with Crippen molar-refractivity contribution >= 4 is 17.6 Å². The van der Waals surface area contributed by atoms with E-state index in [1.807, 2.05) is 0 Å². The van der Waals surface area contributed by atoms with Crippen molar-refractivity contribution in [1.82, 2.24) is 20.0 Å². The second-order valence-corrected chi connectivity index (χ2v) is 9.06. The van der Waals surface area contributed by atoms with Gasteiger partial charge in [0.1, 0.15) is 11.3 Å². The zero-order valence-corrected chi connectivity index (χ0v) is 20.7. The van der Waals surface area contributed by atoms with Crippen LogP contribution in [0.25, 0.3) is 0 Å². The summed E-state index contributed by atoms with van der Waals surface area (Å²) in [5, 5.41) is 17.6. The topological polar surface area (TPSA) is 120 Å². The average Bonchev–Trinajstić information content (AvgIpc) is 3.38. The summed E-state index contributed by atoms with van der Waals surface area (Å²) in [4.78, 5) is 31.8. The predicted molar refractivity (Wildman–Crippen MR) is 128 cm³/mol. The molecule has 1 unspecified atom stereocenters. The van der Waals surface area contributed by atoms with Crippen LogP contribution < -0.4 is 9.64 Å². The third kappa shape index (κ3) is 6.10. The first-order valence-electron chi connectivity index (χ1n) is 11.9. The van der Waals surface area contributed by atoms with E-state index in [4.69, 9.17) is 9.47 Å². The fourth-order valence-corrected chi connectivity index (χ4v) is 4.21. The van der Waals surface area contributed by atoms with Gasteiger partial charge in [0.05, 0.1) is 42.7 Å². The van der Waals surface area contributed by atoms with Gasteiger partial charge in [0.2, 0.25) is 11.8 Å². The van der Waals surface area contributed by atoms with Gasteiger partial charge in [-0.3, -0.25) is 4.79 Å². The number of halogens is 3. The van der Waals surface area contributed by atoms with Crippen molar-refractivity contribution in [2.75, 3.05) is 18.1 Å². The summed E-state index contributed by atoms with van der Waals surface area (Å²) < 4.78 is 52.4. The van der Waals surface area contributed by atoms with Crippen molar-refractivity contribution in [2.24, 2.45) is 5.92 Å². The van der Waals surface area contributed by atoms with Crippen molar-refractivity contribution < 1.29 is 37.3 Å². The number of aromatic nitrogens is 4. The summed E-state index contributed by atoms with van der Waals surface area (Å²) in [5.74, 6) is -2.98. The molecule has 10 nitrogen and oxygen atoms in total. The Hall–Kier alpha value is -4.00. The maximum atomic E-state index is 13.8. The molecule has 1 amide bonds. The van der Waals surface area contributed by atoms with Gasteiger partial charge in [-0.15, -0.1) is 0 Å². The average molecular weight is 534 g/mol. The highest BCUT2D eigenvalue weighted by Crippen LogP contribution is 2.38. The number of nitrogens with zero attached hydrogens (tertiary/aromatic N) is 5. The lowest BCUT2D eigenvalue weighted by Gasteiger charge is -2.33. The van der Waals surface area contributed by atoms with Crippen molar-refractivity contribution in [2.45, 2.75) is 45.5 Å². The number of hydrogen-bond acceptors (Lipinski definition) is 7. The normalized spacial score (nSPS) is 15.9. The van der Waals surface area contributed by atoms with Crippen LogP contribution in [0.2, 0.25) is 0 Å². The number of carboxylic acid groups (broad SMARTS) is 1. The minimum Gasteiger partial charge on any atom is -0.478 e. The molecule has 13 heteroatoms. The summed E-state index contributed by atoms with van der Waals surface area (Å²) in [7, 11) is 0. The molecule has 1 fully saturated rings. The highest BCUT2D eigenvalue weighted by molar-refractivity contribution is 6.03. The number of carbonyl (C=O) groups is 2. The Morgan fingerprint density at radius 1 is 1.24 bits per heavy atom. The van der Waals surface area contributed by atoms with Crippen LogP contribution >= 0.6 is 0 Å². The summed E-state index contributed by atoms with van der Waals surface area (Å²) in [6, 6.07) is 4.24. The molecule has 0 bridgehead atoms. The summed E-state index contributed by atoms with van der Waals surface area (Å²) in [6.45, 7) is 4.26. The molecule has 1 aromatic carbocycles. The minimum absolute atomic E-state index is 0.0354. The molecule has 1 saturated heterocycles. The number of alkyl halides is 3. The van der Waals surface area contributed by atoms with E-state index in [1.165, 1.54) is 40.4 Å². The number of pyridine rings is 1. The van der Waals surface area contributed by atoms with Crippen LogP contribution in [0.3, 0.4) is 0 Å². The number of rotatable bonds is 8. The van der Waals surface area contributed by atoms with Crippen LogP contribution in [-0.2, 0) is 22.3 Å². The van der Waals surface area contributed by atoms with E-state index in [0.717, 1.165) is 12.1 Å². The van der Waals surface area contributed by atoms with Gasteiger partial charge in [0, 0.05) is 18.8 Å². The fraction of sp³-hybridized carbons (Fsp3) is 0.400. The van der Waals surface area contributed by atoms with Crippen LogP contribution in [-0.4, -0.2) is 56.2 Å². The van der Waals surface area contributed by atoms with E-state index in [9.17, 15) is 27.9 Å². The molecule has 0 spiro atoms. The summed E-state index contributed by atoms with van der Waals surface area (Å²) in [6.07, 6.45) is 0.531.